The molecule has 0 N–H and O–H groups in total. The van der Waals surface area contributed by atoms with E-state index in [1.54, 1.807) is 39.9 Å². The second-order valence-corrected chi connectivity index (χ2v) is 14.5. The van der Waals surface area contributed by atoms with Gasteiger partial charge in [-0.15, -0.1) is 0 Å². The molecule has 0 saturated carbocycles. The first-order valence-electron chi connectivity index (χ1n) is 15.9. The summed E-state index contributed by atoms with van der Waals surface area (Å²) in [5.74, 6) is 1.05. The molecular formula is C36H44Cl2N6O3. The fourth-order valence-electron chi connectivity index (χ4n) is 6.37. The van der Waals surface area contributed by atoms with E-state index in [0.717, 1.165) is 16.8 Å². The summed E-state index contributed by atoms with van der Waals surface area (Å²) in [4.78, 5) is 45.0. The van der Waals surface area contributed by atoms with E-state index < -0.39 is 11.1 Å². The van der Waals surface area contributed by atoms with Crippen molar-refractivity contribution < 1.29 is 14.3 Å². The number of hydrogen-bond acceptors (Lipinski definition) is 5. The number of carbonyl (C=O) groups excluding carboxylic acids is 2. The molecule has 1 saturated heterocycles. The van der Waals surface area contributed by atoms with E-state index >= 15 is 4.79 Å². The van der Waals surface area contributed by atoms with Gasteiger partial charge in [-0.1, -0.05) is 68.2 Å². The van der Waals surface area contributed by atoms with E-state index in [1.807, 2.05) is 75.4 Å². The molecule has 2 aliphatic heterocycles. The highest BCUT2D eigenvalue weighted by atomic mass is 35.5. The molecule has 0 bridgehead atoms. The zero-order chi connectivity index (χ0) is 34.3. The van der Waals surface area contributed by atoms with Gasteiger partial charge in [0.05, 0.1) is 12.2 Å². The SMILES string of the molecule is CCOc1cc(C(C)(C)C)ncc1C1=N[C@@](C)(c2ccc(Cl)cc2)[C@@](C)(c2ccc(Cl)cc2)N1C(=O)N1CCN(C(=O)N(C)C)CC1. The number of halogens is 2. The number of ether oxygens (including phenoxy) is 1. The number of benzene rings is 2. The van der Waals surface area contributed by atoms with Crippen molar-refractivity contribution in [2.75, 3.05) is 46.9 Å². The van der Waals surface area contributed by atoms with Gasteiger partial charge in [0.1, 0.15) is 22.7 Å². The lowest BCUT2D eigenvalue weighted by Crippen LogP contribution is -2.61. The molecule has 4 amide bonds. The quantitative estimate of drug-likeness (QED) is 0.282. The van der Waals surface area contributed by atoms with Gasteiger partial charge in [0, 0.05) is 73.7 Å². The van der Waals surface area contributed by atoms with Crippen LogP contribution in [0.15, 0.2) is 65.8 Å². The molecule has 1 fully saturated rings. The molecule has 0 radical (unpaired) electrons. The number of nitrogens with zero attached hydrogens (tertiary/aromatic N) is 6. The van der Waals surface area contributed by atoms with E-state index in [-0.39, 0.29) is 17.5 Å². The number of carbonyl (C=O) groups is 2. The van der Waals surface area contributed by atoms with Crippen LogP contribution in [-0.2, 0) is 16.5 Å². The Labute approximate surface area is 288 Å². The lowest BCUT2D eigenvalue weighted by Gasteiger charge is -2.47. The van der Waals surface area contributed by atoms with E-state index in [0.29, 0.717) is 60.0 Å². The van der Waals surface area contributed by atoms with Crippen LogP contribution >= 0.6 is 23.2 Å². The summed E-state index contributed by atoms with van der Waals surface area (Å²) >= 11 is 12.7. The van der Waals surface area contributed by atoms with E-state index in [9.17, 15) is 4.79 Å². The van der Waals surface area contributed by atoms with Crippen LogP contribution < -0.4 is 4.74 Å². The van der Waals surface area contributed by atoms with E-state index in [2.05, 4.69) is 20.8 Å². The third-order valence-corrected chi connectivity index (χ3v) is 9.82. The summed E-state index contributed by atoms with van der Waals surface area (Å²) in [5.41, 5.74) is 0.968. The van der Waals surface area contributed by atoms with Gasteiger partial charge < -0.3 is 19.4 Å². The molecule has 47 heavy (non-hydrogen) atoms. The Balaban J connectivity index is 1.73. The summed E-state index contributed by atoms with van der Waals surface area (Å²) in [6, 6.07) is 16.8. The van der Waals surface area contributed by atoms with Gasteiger partial charge in [-0.2, -0.15) is 0 Å². The van der Waals surface area contributed by atoms with Gasteiger partial charge in [0.15, 0.2) is 0 Å². The molecule has 0 aliphatic carbocycles. The standard InChI is InChI=1S/C36H44Cl2N6O3/c1-9-47-29-22-30(34(2,3)4)39-23-28(29)31-40-35(5,24-10-14-26(37)15-11-24)36(6,25-12-16-27(38)17-13-25)44(31)33(46)43-20-18-42(19-21-43)32(45)41(7)8/h10-17,22-23H,9,18-21H2,1-8H3/t35-,36+/m0/s1. The van der Waals surface area contributed by atoms with Gasteiger partial charge in [-0.3, -0.25) is 14.9 Å². The van der Waals surface area contributed by atoms with E-state index in [4.69, 9.17) is 37.9 Å². The molecular weight excluding hydrogens is 635 g/mol. The van der Waals surface area contributed by atoms with Gasteiger partial charge in [0.2, 0.25) is 0 Å². The van der Waals surface area contributed by atoms with Crippen molar-refractivity contribution in [1.29, 1.82) is 0 Å². The Kier molecular flexibility index (Phi) is 9.55. The number of aliphatic imine (C=N–C) groups is 1. The highest BCUT2D eigenvalue weighted by Crippen LogP contribution is 2.54. The first-order valence-corrected chi connectivity index (χ1v) is 16.7. The van der Waals surface area contributed by atoms with Crippen molar-refractivity contribution in [3.05, 3.63) is 93.2 Å². The molecule has 9 nitrogen and oxygen atoms in total. The second kappa shape index (κ2) is 13.0. The van der Waals surface area contributed by atoms with Gasteiger partial charge in [-0.25, -0.2) is 9.59 Å². The Morgan fingerprint density at radius 2 is 1.43 bits per heavy atom. The first kappa shape index (κ1) is 34.5. The summed E-state index contributed by atoms with van der Waals surface area (Å²) < 4.78 is 6.24. The van der Waals surface area contributed by atoms with Crippen molar-refractivity contribution in [1.82, 2.24) is 24.6 Å². The predicted molar refractivity (Wildman–Crippen MR) is 188 cm³/mol. The maximum atomic E-state index is 15.1. The van der Waals surface area contributed by atoms with Gasteiger partial charge in [0.25, 0.3) is 0 Å². The Bertz CT molecular complexity index is 1660. The minimum atomic E-state index is -1.04. The number of aromatic nitrogens is 1. The molecule has 11 heteroatoms. The molecule has 250 valence electrons. The first-order chi connectivity index (χ1) is 22.1. The van der Waals surface area contributed by atoms with Crippen molar-refractivity contribution in [2.45, 2.75) is 58.0 Å². The molecule has 3 heterocycles. The number of amides is 4. The summed E-state index contributed by atoms with van der Waals surface area (Å²) in [7, 11) is 3.47. The molecule has 1 aromatic heterocycles. The monoisotopic (exact) mass is 678 g/mol. The normalized spacial score (nSPS) is 21.5. The number of rotatable bonds is 5. The number of hydrogen-bond donors (Lipinski definition) is 0. The zero-order valence-electron chi connectivity index (χ0n) is 28.5. The molecule has 0 spiro atoms. The Morgan fingerprint density at radius 3 is 1.94 bits per heavy atom. The smallest absolute Gasteiger partial charge is 0.326 e. The van der Waals surface area contributed by atoms with Crippen LogP contribution in [0, 0.1) is 0 Å². The number of amidine groups is 1. The third kappa shape index (κ3) is 6.27. The molecule has 5 rings (SSSR count). The van der Waals surface area contributed by atoms with Crippen molar-refractivity contribution in [3.63, 3.8) is 0 Å². The predicted octanol–water partition coefficient (Wildman–Crippen LogP) is 7.40. The van der Waals surface area contributed by atoms with Crippen molar-refractivity contribution >= 4 is 41.1 Å². The molecule has 0 unspecified atom stereocenters. The molecule has 2 atom stereocenters. The van der Waals surface area contributed by atoms with Gasteiger partial charge in [-0.05, 0) is 56.2 Å². The van der Waals surface area contributed by atoms with Crippen LogP contribution in [0.1, 0.15) is 63.9 Å². The van der Waals surface area contributed by atoms with Crippen molar-refractivity contribution in [2.24, 2.45) is 4.99 Å². The van der Waals surface area contributed by atoms with Crippen LogP contribution in [0.3, 0.4) is 0 Å². The Morgan fingerprint density at radius 1 is 0.894 bits per heavy atom. The average Bonchev–Trinajstić information content (AvgIpc) is 3.28. The minimum absolute atomic E-state index is 0.0757. The summed E-state index contributed by atoms with van der Waals surface area (Å²) in [6.45, 7) is 14.3. The van der Waals surface area contributed by atoms with Gasteiger partial charge >= 0.3 is 12.1 Å². The zero-order valence-corrected chi connectivity index (χ0v) is 30.0. The second-order valence-electron chi connectivity index (χ2n) is 13.6. The largest absolute Gasteiger partial charge is 0.493 e. The number of urea groups is 2. The molecule has 3 aromatic rings. The lowest BCUT2D eigenvalue weighted by molar-refractivity contribution is 0.0878. The van der Waals surface area contributed by atoms with E-state index in [1.165, 1.54) is 0 Å². The van der Waals surface area contributed by atoms with Crippen LogP contribution in [0.4, 0.5) is 9.59 Å². The number of piperazine rings is 1. The van der Waals surface area contributed by atoms with Crippen molar-refractivity contribution in [3.8, 4) is 5.75 Å². The van der Waals surface area contributed by atoms with Crippen LogP contribution in [0.5, 0.6) is 5.75 Å². The summed E-state index contributed by atoms with van der Waals surface area (Å²) in [6.07, 6.45) is 1.77. The fourth-order valence-corrected chi connectivity index (χ4v) is 6.62. The minimum Gasteiger partial charge on any atom is -0.493 e. The molecule has 2 aromatic carbocycles. The lowest BCUT2D eigenvalue weighted by atomic mass is 9.71. The highest BCUT2D eigenvalue weighted by molar-refractivity contribution is 6.30. The maximum absolute atomic E-state index is 15.1. The van der Waals surface area contributed by atoms with Crippen LogP contribution in [0.2, 0.25) is 10.0 Å². The average molecular weight is 680 g/mol. The highest BCUT2D eigenvalue weighted by Gasteiger charge is 2.60. The topological polar surface area (TPSA) is 81.6 Å². The van der Waals surface area contributed by atoms with Crippen LogP contribution in [-0.4, -0.2) is 89.4 Å². The third-order valence-electron chi connectivity index (χ3n) is 9.32. The Hall–Kier alpha value is -3.82. The molecule has 2 aliphatic rings. The number of pyridine rings is 1. The van der Waals surface area contributed by atoms with Crippen LogP contribution in [0.25, 0.3) is 0 Å². The maximum Gasteiger partial charge on any atom is 0.326 e. The fraction of sp³-hybridized carbons (Fsp3) is 0.444. The summed E-state index contributed by atoms with van der Waals surface area (Å²) in [5, 5.41) is 1.19.